The number of sulfone groups is 1. The molecule has 2 rings (SSSR count). The number of pyridine rings is 1. The van der Waals surface area contributed by atoms with Crippen molar-refractivity contribution >= 4 is 32.9 Å². The fraction of sp³-hybridized carbons (Fsp3) is 0.500. The first-order valence-corrected chi connectivity index (χ1v) is 7.47. The molecule has 1 fully saturated rings. The van der Waals surface area contributed by atoms with E-state index in [2.05, 4.69) is 4.98 Å². The van der Waals surface area contributed by atoms with Gasteiger partial charge in [-0.05, 0) is 13.0 Å². The van der Waals surface area contributed by atoms with Gasteiger partial charge in [0.05, 0.1) is 22.2 Å². The molecule has 5 nitrogen and oxygen atoms in total. The molecule has 0 saturated carbocycles. The highest BCUT2D eigenvalue weighted by molar-refractivity contribution is 7.91. The smallest absolute Gasteiger partial charge is 0.154 e. The monoisotopic (exact) mass is 275 g/mol. The normalized spacial score (nSPS) is 23.6. The summed E-state index contributed by atoms with van der Waals surface area (Å²) in [6.45, 7) is 2.27. The minimum Gasteiger partial charge on any atom is -0.396 e. The number of rotatable bonds is 1. The van der Waals surface area contributed by atoms with Gasteiger partial charge in [0.15, 0.2) is 15.7 Å². The van der Waals surface area contributed by atoms with Crippen LogP contribution in [0.3, 0.4) is 0 Å². The van der Waals surface area contributed by atoms with E-state index in [0.29, 0.717) is 23.1 Å². The Morgan fingerprint density at radius 1 is 1.59 bits per heavy atom. The van der Waals surface area contributed by atoms with E-state index in [1.54, 1.807) is 6.07 Å². The molecule has 2 heterocycles. The molecule has 94 valence electrons. The zero-order valence-electron chi connectivity index (χ0n) is 9.43. The van der Waals surface area contributed by atoms with Crippen LogP contribution >= 0.6 is 11.6 Å². The van der Waals surface area contributed by atoms with Crippen molar-refractivity contribution in [1.82, 2.24) is 4.98 Å². The average Bonchev–Trinajstić information content (AvgIpc) is 2.18. The van der Waals surface area contributed by atoms with Crippen molar-refractivity contribution in [2.75, 3.05) is 28.7 Å². The quantitative estimate of drug-likeness (QED) is 0.825. The Kier molecular flexibility index (Phi) is 3.18. The Balaban J connectivity index is 2.29. The Hall–Kier alpha value is -1.01. The van der Waals surface area contributed by atoms with Crippen molar-refractivity contribution in [2.24, 2.45) is 0 Å². The van der Waals surface area contributed by atoms with Crippen LogP contribution < -0.4 is 10.6 Å². The molecule has 7 heteroatoms. The molecule has 1 saturated heterocycles. The summed E-state index contributed by atoms with van der Waals surface area (Å²) in [6.07, 6.45) is 1.52. The highest BCUT2D eigenvalue weighted by atomic mass is 35.5. The van der Waals surface area contributed by atoms with Gasteiger partial charge >= 0.3 is 0 Å². The molecule has 0 bridgehead atoms. The fourth-order valence-corrected chi connectivity index (χ4v) is 3.72. The van der Waals surface area contributed by atoms with E-state index < -0.39 is 9.84 Å². The minimum absolute atomic E-state index is 0.121. The summed E-state index contributed by atoms with van der Waals surface area (Å²) in [5, 5.41) is 0.475. The molecular weight excluding hydrogens is 262 g/mol. The third-order valence-corrected chi connectivity index (χ3v) is 4.81. The van der Waals surface area contributed by atoms with Gasteiger partial charge in [0.2, 0.25) is 0 Å². The van der Waals surface area contributed by atoms with Crippen LogP contribution in [0.15, 0.2) is 12.3 Å². The first-order valence-electron chi connectivity index (χ1n) is 5.27. The summed E-state index contributed by atoms with van der Waals surface area (Å²) >= 11 is 5.78. The third kappa shape index (κ3) is 2.63. The van der Waals surface area contributed by atoms with Crippen molar-refractivity contribution < 1.29 is 8.42 Å². The van der Waals surface area contributed by atoms with Gasteiger partial charge in [-0.1, -0.05) is 11.6 Å². The van der Waals surface area contributed by atoms with Crippen LogP contribution in [-0.4, -0.2) is 37.5 Å². The summed E-state index contributed by atoms with van der Waals surface area (Å²) < 4.78 is 23.0. The lowest BCUT2D eigenvalue weighted by Crippen LogP contribution is -2.47. The lowest BCUT2D eigenvalue weighted by atomic mass is 10.2. The Morgan fingerprint density at radius 2 is 2.29 bits per heavy atom. The van der Waals surface area contributed by atoms with Crippen molar-refractivity contribution in [3.05, 3.63) is 17.3 Å². The Labute approximate surface area is 105 Å². The number of hydrogen-bond donors (Lipinski definition) is 1. The summed E-state index contributed by atoms with van der Waals surface area (Å²) in [4.78, 5) is 6.08. The largest absolute Gasteiger partial charge is 0.396 e. The second kappa shape index (κ2) is 4.34. The molecule has 1 aromatic rings. The highest BCUT2D eigenvalue weighted by Crippen LogP contribution is 2.27. The van der Waals surface area contributed by atoms with Gasteiger partial charge in [-0.25, -0.2) is 13.4 Å². The van der Waals surface area contributed by atoms with Crippen LogP contribution in [0.2, 0.25) is 5.02 Å². The topological polar surface area (TPSA) is 76.3 Å². The third-order valence-electron chi connectivity index (χ3n) is 2.80. The first kappa shape index (κ1) is 12.4. The molecule has 1 atom stereocenters. The number of nitrogen functional groups attached to an aromatic ring is 1. The number of hydrogen-bond acceptors (Lipinski definition) is 5. The molecule has 1 aliphatic rings. The van der Waals surface area contributed by atoms with E-state index >= 15 is 0 Å². The van der Waals surface area contributed by atoms with E-state index in [1.807, 2.05) is 11.8 Å². The van der Waals surface area contributed by atoms with Crippen molar-refractivity contribution in [3.8, 4) is 0 Å². The second-order valence-electron chi connectivity index (χ2n) is 4.22. The maximum atomic E-state index is 11.5. The predicted octanol–water partition coefficient (Wildman–Crippen LogP) is 0.941. The van der Waals surface area contributed by atoms with E-state index in [4.69, 9.17) is 17.3 Å². The predicted molar refractivity (Wildman–Crippen MR) is 69.1 cm³/mol. The van der Waals surface area contributed by atoms with Gasteiger partial charge in [0.1, 0.15) is 0 Å². The molecule has 0 aliphatic carbocycles. The van der Waals surface area contributed by atoms with Gasteiger partial charge in [-0.15, -0.1) is 0 Å². The van der Waals surface area contributed by atoms with Gasteiger partial charge in [0.25, 0.3) is 0 Å². The zero-order chi connectivity index (χ0) is 12.6. The molecule has 1 aromatic heterocycles. The minimum atomic E-state index is -2.93. The van der Waals surface area contributed by atoms with Gasteiger partial charge in [-0.2, -0.15) is 0 Å². The van der Waals surface area contributed by atoms with Crippen molar-refractivity contribution in [2.45, 2.75) is 13.0 Å². The number of nitrogens with two attached hydrogens (primary N) is 1. The summed E-state index contributed by atoms with van der Waals surface area (Å²) in [6, 6.07) is 1.50. The van der Waals surface area contributed by atoms with E-state index in [-0.39, 0.29) is 17.5 Å². The SMILES string of the molecule is CC1CS(=O)(=O)CCN1c1ncc(Cl)cc1N. The Morgan fingerprint density at radius 3 is 2.88 bits per heavy atom. The number of nitrogens with zero attached hydrogens (tertiary/aromatic N) is 2. The standard InChI is InChI=1S/C10H14ClN3O2S/c1-7-6-17(15,16)3-2-14(7)10-9(12)4-8(11)5-13-10/h4-5,7H,2-3,6,12H2,1H3. The molecule has 1 aliphatic heterocycles. The van der Waals surface area contributed by atoms with E-state index in [1.165, 1.54) is 6.20 Å². The lowest BCUT2D eigenvalue weighted by molar-refractivity contribution is 0.567. The fourth-order valence-electron chi connectivity index (χ4n) is 2.00. The maximum absolute atomic E-state index is 11.5. The molecule has 1 unspecified atom stereocenters. The number of aromatic nitrogens is 1. The van der Waals surface area contributed by atoms with Crippen LogP contribution in [0.25, 0.3) is 0 Å². The van der Waals surface area contributed by atoms with Crippen molar-refractivity contribution in [1.29, 1.82) is 0 Å². The number of anilines is 2. The molecule has 2 N–H and O–H groups in total. The zero-order valence-corrected chi connectivity index (χ0v) is 11.0. The summed E-state index contributed by atoms with van der Waals surface area (Å²) in [7, 11) is -2.93. The average molecular weight is 276 g/mol. The maximum Gasteiger partial charge on any atom is 0.154 e. The van der Waals surface area contributed by atoms with Gasteiger partial charge in [0, 0.05) is 18.8 Å². The van der Waals surface area contributed by atoms with Gasteiger partial charge in [-0.3, -0.25) is 0 Å². The molecule has 17 heavy (non-hydrogen) atoms. The van der Waals surface area contributed by atoms with Crippen LogP contribution in [0.5, 0.6) is 0 Å². The number of halogens is 1. The summed E-state index contributed by atoms with van der Waals surface area (Å²) in [5.74, 6) is 0.884. The lowest BCUT2D eigenvalue weighted by Gasteiger charge is -2.34. The second-order valence-corrected chi connectivity index (χ2v) is 6.89. The van der Waals surface area contributed by atoms with Crippen LogP contribution in [0.4, 0.5) is 11.5 Å². The van der Waals surface area contributed by atoms with Crippen LogP contribution in [-0.2, 0) is 9.84 Å². The van der Waals surface area contributed by atoms with Crippen LogP contribution in [0.1, 0.15) is 6.92 Å². The van der Waals surface area contributed by atoms with Crippen molar-refractivity contribution in [3.63, 3.8) is 0 Å². The highest BCUT2D eigenvalue weighted by Gasteiger charge is 2.29. The summed E-state index contributed by atoms with van der Waals surface area (Å²) in [5.41, 5.74) is 6.32. The molecule has 0 amide bonds. The molecular formula is C10H14ClN3O2S. The molecule has 0 radical (unpaired) electrons. The van der Waals surface area contributed by atoms with Crippen LogP contribution in [0, 0.1) is 0 Å². The molecule has 0 spiro atoms. The molecule has 0 aromatic carbocycles. The van der Waals surface area contributed by atoms with E-state index in [9.17, 15) is 8.42 Å². The first-order chi connectivity index (χ1) is 7.89. The van der Waals surface area contributed by atoms with Gasteiger partial charge < -0.3 is 10.6 Å². The van der Waals surface area contributed by atoms with E-state index in [0.717, 1.165) is 0 Å². The Bertz CT molecular complexity index is 532.